The van der Waals surface area contributed by atoms with Crippen molar-refractivity contribution in [3.63, 3.8) is 0 Å². The number of methoxy groups -OCH3 is 6. The molecule has 0 aliphatic rings. The van der Waals surface area contributed by atoms with E-state index in [4.69, 9.17) is 42.6 Å². The van der Waals surface area contributed by atoms with E-state index in [1.54, 1.807) is 57.7 Å². The Labute approximate surface area is 312 Å². The summed E-state index contributed by atoms with van der Waals surface area (Å²) in [4.78, 5) is 31.7. The lowest BCUT2D eigenvalue weighted by Gasteiger charge is -2.14. The van der Waals surface area contributed by atoms with Crippen molar-refractivity contribution >= 4 is 34.9 Å². The van der Waals surface area contributed by atoms with Crippen LogP contribution in [0.5, 0.6) is 34.5 Å². The molecule has 0 aliphatic heterocycles. The number of urea groups is 1. The molecule has 0 aliphatic carbocycles. The molecule has 0 saturated heterocycles. The molecule has 0 atom stereocenters. The zero-order valence-corrected chi connectivity index (χ0v) is 29.6. The SMILES string of the molecule is C.COc1ccc(CN=C=O)c(OC)c1.[C-]#[N+]c1cc(F)c(OC)cc1N.[C-]#[N+]c1cc(F)c(OC)cc1NNC(=O)NCc1ccc(OC)cc1OC. The van der Waals surface area contributed by atoms with Crippen molar-refractivity contribution in [2.24, 2.45) is 4.99 Å². The van der Waals surface area contributed by atoms with Crippen LogP contribution < -0.4 is 50.3 Å². The molecule has 0 unspecified atom stereocenters. The number of hydrogen-bond acceptors (Lipinski definition) is 11. The second kappa shape index (κ2) is 23.3. The van der Waals surface area contributed by atoms with Crippen molar-refractivity contribution in [3.05, 3.63) is 106 Å². The molecule has 17 heteroatoms. The maximum atomic E-state index is 13.6. The average molecular weight is 750 g/mol. The number of carbonyl (C=O) groups excluding carboxylic acids is 2. The standard InChI is InChI=1S/C18H19FN4O4.C10H11NO3.C8H7FN2O.CH4/c1-20-14-8-13(19)17(27-4)9-15(14)22-23-18(24)21-10-11-5-6-12(25-2)7-16(11)26-3;1-13-9-4-3-8(6-11-7-12)10(5-9)14-2;1-11-7-3-5(9)8(12-2)4-6(7)10;/h5-9,22H,10H2,2-4H3,(H2,21,23,24);3-5H,6H2,1-2H3;3-4H,10H2,2H3;1H4. The molecule has 0 spiro atoms. The van der Waals surface area contributed by atoms with Gasteiger partial charge < -0.3 is 44.9 Å². The molecule has 4 aromatic rings. The molecule has 0 fully saturated rings. The smallest absolute Gasteiger partial charge is 0.333 e. The van der Waals surface area contributed by atoms with Crippen molar-refractivity contribution in [3.8, 4) is 34.5 Å². The second-order valence-electron chi connectivity index (χ2n) is 9.97. The van der Waals surface area contributed by atoms with Crippen LogP contribution in [-0.2, 0) is 17.9 Å². The van der Waals surface area contributed by atoms with Crippen LogP contribution in [0, 0.1) is 24.8 Å². The van der Waals surface area contributed by atoms with Gasteiger partial charge in [0.15, 0.2) is 23.1 Å². The van der Waals surface area contributed by atoms with Crippen molar-refractivity contribution < 1.29 is 46.8 Å². The maximum Gasteiger partial charge on any atom is 0.333 e. The Morgan fingerprint density at radius 3 is 1.74 bits per heavy atom. The van der Waals surface area contributed by atoms with Crippen LogP contribution in [0.25, 0.3) is 9.69 Å². The lowest BCUT2D eigenvalue weighted by atomic mass is 10.2. The van der Waals surface area contributed by atoms with Gasteiger partial charge >= 0.3 is 6.03 Å². The number of isocyanates is 1. The van der Waals surface area contributed by atoms with Crippen LogP contribution in [0.3, 0.4) is 0 Å². The third-order valence-electron chi connectivity index (χ3n) is 6.86. The molecule has 0 heterocycles. The number of benzene rings is 4. The number of hydrazine groups is 1. The van der Waals surface area contributed by atoms with Gasteiger partial charge in [-0.25, -0.2) is 33.1 Å². The highest BCUT2D eigenvalue weighted by Crippen LogP contribution is 2.32. The molecule has 5 N–H and O–H groups in total. The van der Waals surface area contributed by atoms with Crippen LogP contribution in [0.15, 0.2) is 65.7 Å². The minimum Gasteiger partial charge on any atom is -0.497 e. The number of rotatable bonds is 12. The summed E-state index contributed by atoms with van der Waals surface area (Å²) in [6.07, 6.45) is 1.48. The van der Waals surface area contributed by atoms with Gasteiger partial charge in [-0.05, 0) is 48.5 Å². The number of nitrogens with two attached hydrogens (primary N) is 1. The van der Waals surface area contributed by atoms with E-state index in [1.165, 1.54) is 39.5 Å². The summed E-state index contributed by atoms with van der Waals surface area (Å²) in [5.74, 6) is 1.35. The monoisotopic (exact) mass is 749 g/mol. The van der Waals surface area contributed by atoms with E-state index in [0.29, 0.717) is 23.0 Å². The van der Waals surface area contributed by atoms with E-state index in [9.17, 15) is 18.4 Å². The van der Waals surface area contributed by atoms with Crippen molar-refractivity contribution in [1.82, 2.24) is 10.7 Å². The predicted molar refractivity (Wildman–Crippen MR) is 199 cm³/mol. The summed E-state index contributed by atoms with van der Waals surface area (Å²) >= 11 is 0. The number of ether oxygens (including phenoxy) is 6. The number of amides is 2. The summed E-state index contributed by atoms with van der Waals surface area (Å²) in [5.41, 5.74) is 12.5. The number of carbonyl (C=O) groups is 1. The quantitative estimate of drug-likeness (QED) is 0.0377. The van der Waals surface area contributed by atoms with Crippen LogP contribution in [-0.4, -0.2) is 54.8 Å². The zero-order chi connectivity index (χ0) is 39.3. The van der Waals surface area contributed by atoms with Gasteiger partial charge in [0, 0.05) is 35.5 Å². The number of nitrogens with one attached hydrogen (secondary N) is 3. The first-order valence-corrected chi connectivity index (χ1v) is 15.0. The average Bonchev–Trinajstić information content (AvgIpc) is 3.19. The molecule has 0 aromatic heterocycles. The first-order valence-electron chi connectivity index (χ1n) is 15.0. The fraction of sp³-hybridized carbons (Fsp3) is 0.243. The topological polar surface area (TPSA) is 173 Å². The highest BCUT2D eigenvalue weighted by molar-refractivity contribution is 5.79. The first kappa shape index (κ1) is 44.8. The lowest BCUT2D eigenvalue weighted by molar-refractivity contribution is 0.242. The summed E-state index contributed by atoms with van der Waals surface area (Å²) in [6, 6.07) is 14.7. The van der Waals surface area contributed by atoms with Gasteiger partial charge in [0.25, 0.3) is 0 Å². The summed E-state index contributed by atoms with van der Waals surface area (Å²) in [5, 5.41) is 2.64. The van der Waals surface area contributed by atoms with E-state index < -0.39 is 17.7 Å². The highest BCUT2D eigenvalue weighted by Gasteiger charge is 2.12. The van der Waals surface area contributed by atoms with E-state index in [-0.39, 0.29) is 54.8 Å². The minimum absolute atomic E-state index is 0. The van der Waals surface area contributed by atoms with E-state index in [0.717, 1.165) is 23.3 Å². The predicted octanol–water partition coefficient (Wildman–Crippen LogP) is 7.37. The Bertz CT molecular complexity index is 1990. The summed E-state index contributed by atoms with van der Waals surface area (Å²) in [6.45, 7) is 14.2. The molecule has 54 heavy (non-hydrogen) atoms. The van der Waals surface area contributed by atoms with E-state index in [2.05, 4.69) is 35.6 Å². The molecular weight excluding hydrogens is 708 g/mol. The summed E-state index contributed by atoms with van der Waals surface area (Å²) in [7, 11) is 8.86. The second-order valence-corrected chi connectivity index (χ2v) is 9.97. The molecule has 4 aromatic carbocycles. The largest absolute Gasteiger partial charge is 0.497 e. The molecule has 4 rings (SSSR count). The molecule has 2 amide bonds. The Morgan fingerprint density at radius 1 is 0.741 bits per heavy atom. The molecule has 0 saturated carbocycles. The normalized spacial score (nSPS) is 9.22. The molecule has 15 nitrogen and oxygen atoms in total. The third-order valence-corrected chi connectivity index (χ3v) is 6.86. The Kier molecular flexibility index (Phi) is 19.3. The highest BCUT2D eigenvalue weighted by atomic mass is 19.1. The number of halogens is 2. The molecule has 0 bridgehead atoms. The Balaban J connectivity index is 0.000000452. The fourth-order valence-electron chi connectivity index (χ4n) is 4.15. The molecular formula is C37H41F2N7O8. The number of anilines is 2. The number of hydrogen-bond donors (Lipinski definition) is 4. The van der Waals surface area contributed by atoms with Crippen LogP contribution in [0.2, 0.25) is 0 Å². The lowest BCUT2D eigenvalue weighted by Crippen LogP contribution is -2.38. The Morgan fingerprint density at radius 2 is 1.24 bits per heavy atom. The van der Waals surface area contributed by atoms with Crippen LogP contribution in [0.4, 0.5) is 36.3 Å². The van der Waals surface area contributed by atoms with E-state index >= 15 is 0 Å². The van der Waals surface area contributed by atoms with Crippen LogP contribution >= 0.6 is 0 Å². The van der Waals surface area contributed by atoms with Gasteiger partial charge in [-0.3, -0.25) is 5.43 Å². The molecule has 286 valence electrons. The maximum absolute atomic E-state index is 13.6. The van der Waals surface area contributed by atoms with Gasteiger partial charge in [0.1, 0.15) is 23.0 Å². The van der Waals surface area contributed by atoms with Crippen molar-refractivity contribution in [2.45, 2.75) is 20.5 Å². The Hall–Kier alpha value is -7.23. The minimum atomic E-state index is -0.662. The van der Waals surface area contributed by atoms with Gasteiger partial charge in [0.2, 0.25) is 17.5 Å². The van der Waals surface area contributed by atoms with E-state index in [1.807, 2.05) is 0 Å². The first-order chi connectivity index (χ1) is 25.5. The third kappa shape index (κ3) is 13.1. The van der Waals surface area contributed by atoms with Gasteiger partial charge in [-0.15, -0.1) is 0 Å². The number of aliphatic imine (C=N–C) groups is 1. The zero-order valence-electron chi connectivity index (χ0n) is 29.6. The molecule has 0 radical (unpaired) electrons. The number of nitrogens with zero attached hydrogens (tertiary/aromatic N) is 3. The summed E-state index contributed by atoms with van der Waals surface area (Å²) < 4.78 is 56.6. The van der Waals surface area contributed by atoms with Gasteiger partial charge in [-0.2, -0.15) is 0 Å². The van der Waals surface area contributed by atoms with Crippen molar-refractivity contribution in [1.29, 1.82) is 0 Å². The van der Waals surface area contributed by atoms with Crippen molar-refractivity contribution in [2.75, 3.05) is 53.8 Å². The fourth-order valence-corrected chi connectivity index (χ4v) is 4.15. The van der Waals surface area contributed by atoms with Gasteiger partial charge in [0.05, 0.1) is 68.0 Å². The van der Waals surface area contributed by atoms with Crippen LogP contribution in [0.1, 0.15) is 18.6 Å². The number of nitrogen functional groups attached to an aromatic ring is 1. The van der Waals surface area contributed by atoms with Gasteiger partial charge in [-0.1, -0.05) is 7.43 Å².